The van der Waals surface area contributed by atoms with Gasteiger partial charge in [-0.05, 0) is 12.1 Å². The topological polar surface area (TPSA) is 67.6 Å². The molecule has 0 amide bonds. The normalized spacial score (nSPS) is 10.6. The third-order valence-electron chi connectivity index (χ3n) is 2.80. The Hall–Kier alpha value is -2.69. The lowest BCUT2D eigenvalue weighted by Crippen LogP contribution is -1.94. The number of aromatic amines is 1. The Morgan fingerprint density at radius 2 is 1.79 bits per heavy atom. The second-order valence-corrected chi connectivity index (χ2v) is 4.08. The second kappa shape index (κ2) is 4.53. The van der Waals surface area contributed by atoms with Crippen LogP contribution in [-0.2, 0) is 0 Å². The first kappa shape index (κ1) is 11.4. The van der Waals surface area contributed by atoms with Crippen molar-refractivity contribution in [3.05, 3.63) is 54.3 Å². The SMILES string of the molecule is Nc1cccc(F)c1-c1nc(-c2ccccc2)n[nH]1. The molecule has 94 valence electrons. The van der Waals surface area contributed by atoms with Gasteiger partial charge in [0.2, 0.25) is 0 Å². The van der Waals surface area contributed by atoms with E-state index in [2.05, 4.69) is 15.2 Å². The van der Waals surface area contributed by atoms with E-state index < -0.39 is 5.82 Å². The van der Waals surface area contributed by atoms with Gasteiger partial charge in [-0.15, -0.1) is 0 Å². The fraction of sp³-hybridized carbons (Fsp3) is 0. The van der Waals surface area contributed by atoms with Crippen molar-refractivity contribution in [2.75, 3.05) is 5.73 Å². The number of hydrogen-bond donors (Lipinski definition) is 2. The van der Waals surface area contributed by atoms with Crippen molar-refractivity contribution < 1.29 is 4.39 Å². The van der Waals surface area contributed by atoms with Crippen molar-refractivity contribution in [2.45, 2.75) is 0 Å². The first-order chi connectivity index (χ1) is 9.25. The summed E-state index contributed by atoms with van der Waals surface area (Å²) in [5.74, 6) is 0.420. The van der Waals surface area contributed by atoms with Crippen LogP contribution in [-0.4, -0.2) is 15.2 Å². The molecule has 0 aliphatic heterocycles. The van der Waals surface area contributed by atoms with E-state index in [1.807, 2.05) is 30.3 Å². The molecule has 0 spiro atoms. The van der Waals surface area contributed by atoms with Crippen molar-refractivity contribution >= 4 is 5.69 Å². The fourth-order valence-corrected chi connectivity index (χ4v) is 1.88. The third kappa shape index (κ3) is 2.06. The molecule has 0 fully saturated rings. The van der Waals surface area contributed by atoms with Gasteiger partial charge in [0, 0.05) is 11.3 Å². The number of rotatable bonds is 2. The van der Waals surface area contributed by atoms with Crippen LogP contribution in [0.1, 0.15) is 0 Å². The molecule has 3 rings (SSSR count). The molecule has 0 aliphatic carbocycles. The molecule has 19 heavy (non-hydrogen) atoms. The number of hydrogen-bond acceptors (Lipinski definition) is 3. The summed E-state index contributed by atoms with van der Waals surface area (Å²) in [5, 5.41) is 6.81. The van der Waals surface area contributed by atoms with Gasteiger partial charge in [-0.3, -0.25) is 5.10 Å². The predicted molar refractivity (Wildman–Crippen MR) is 71.6 cm³/mol. The highest BCUT2D eigenvalue weighted by atomic mass is 19.1. The molecular weight excluding hydrogens is 243 g/mol. The predicted octanol–water partition coefficient (Wildman–Crippen LogP) is 2.86. The molecule has 0 unspecified atom stereocenters. The standard InChI is InChI=1S/C14H11FN4/c15-10-7-4-8-11(16)12(10)14-17-13(18-19-14)9-5-2-1-3-6-9/h1-8H,16H2,(H,17,18,19). The van der Waals surface area contributed by atoms with Gasteiger partial charge in [0.05, 0.1) is 5.56 Å². The Kier molecular flexibility index (Phi) is 2.72. The van der Waals surface area contributed by atoms with Crippen molar-refractivity contribution in [3.63, 3.8) is 0 Å². The average molecular weight is 254 g/mol. The van der Waals surface area contributed by atoms with Crippen molar-refractivity contribution in [3.8, 4) is 22.8 Å². The van der Waals surface area contributed by atoms with Gasteiger partial charge < -0.3 is 5.73 Å². The van der Waals surface area contributed by atoms with Crippen LogP contribution >= 0.6 is 0 Å². The lowest BCUT2D eigenvalue weighted by molar-refractivity contribution is 0.630. The number of benzene rings is 2. The van der Waals surface area contributed by atoms with Crippen LogP contribution in [0, 0.1) is 5.82 Å². The summed E-state index contributed by atoms with van der Waals surface area (Å²) < 4.78 is 13.8. The molecule has 3 aromatic rings. The van der Waals surface area contributed by atoms with E-state index in [-0.39, 0.29) is 5.56 Å². The molecule has 0 radical (unpaired) electrons. The zero-order valence-electron chi connectivity index (χ0n) is 9.97. The highest BCUT2D eigenvalue weighted by molar-refractivity contribution is 5.73. The Balaban J connectivity index is 2.07. The average Bonchev–Trinajstić information content (AvgIpc) is 2.89. The summed E-state index contributed by atoms with van der Waals surface area (Å²) in [6.07, 6.45) is 0. The highest BCUT2D eigenvalue weighted by Gasteiger charge is 2.14. The summed E-state index contributed by atoms with van der Waals surface area (Å²) >= 11 is 0. The first-order valence-electron chi connectivity index (χ1n) is 5.78. The minimum atomic E-state index is -0.421. The fourth-order valence-electron chi connectivity index (χ4n) is 1.88. The van der Waals surface area contributed by atoms with Gasteiger partial charge >= 0.3 is 0 Å². The molecule has 4 nitrogen and oxygen atoms in total. The van der Waals surface area contributed by atoms with Gasteiger partial charge in [0.25, 0.3) is 0 Å². The Morgan fingerprint density at radius 1 is 1.00 bits per heavy atom. The minimum Gasteiger partial charge on any atom is -0.398 e. The smallest absolute Gasteiger partial charge is 0.181 e. The maximum Gasteiger partial charge on any atom is 0.181 e. The zero-order chi connectivity index (χ0) is 13.2. The molecule has 0 saturated carbocycles. The van der Waals surface area contributed by atoms with Gasteiger partial charge in [-0.2, -0.15) is 5.10 Å². The maximum absolute atomic E-state index is 13.8. The summed E-state index contributed by atoms with van der Waals surface area (Å²) in [6, 6.07) is 14.0. The second-order valence-electron chi connectivity index (χ2n) is 4.08. The van der Waals surface area contributed by atoms with E-state index in [0.717, 1.165) is 5.56 Å². The largest absolute Gasteiger partial charge is 0.398 e. The zero-order valence-corrected chi connectivity index (χ0v) is 9.97. The van der Waals surface area contributed by atoms with Crippen molar-refractivity contribution in [1.29, 1.82) is 0 Å². The summed E-state index contributed by atoms with van der Waals surface area (Å²) in [5.41, 5.74) is 7.21. The number of nitrogens with one attached hydrogen (secondary N) is 1. The van der Waals surface area contributed by atoms with Gasteiger partial charge in [-0.1, -0.05) is 36.4 Å². The monoisotopic (exact) mass is 254 g/mol. The molecule has 0 atom stereocenters. The minimum absolute atomic E-state index is 0.247. The van der Waals surface area contributed by atoms with Crippen LogP contribution in [0.2, 0.25) is 0 Å². The van der Waals surface area contributed by atoms with Crippen LogP contribution < -0.4 is 5.73 Å². The number of nitrogens with zero attached hydrogens (tertiary/aromatic N) is 2. The molecule has 3 N–H and O–H groups in total. The van der Waals surface area contributed by atoms with E-state index in [1.54, 1.807) is 12.1 Å². The number of nitrogen functional groups attached to an aromatic ring is 1. The first-order valence-corrected chi connectivity index (χ1v) is 5.78. The van der Waals surface area contributed by atoms with E-state index in [9.17, 15) is 4.39 Å². The molecule has 0 saturated heterocycles. The third-order valence-corrected chi connectivity index (χ3v) is 2.80. The number of aromatic nitrogens is 3. The van der Waals surface area contributed by atoms with Crippen LogP contribution in [0.5, 0.6) is 0 Å². The number of nitrogens with two attached hydrogens (primary N) is 1. The highest BCUT2D eigenvalue weighted by Crippen LogP contribution is 2.27. The Morgan fingerprint density at radius 3 is 2.53 bits per heavy atom. The molecule has 2 aromatic carbocycles. The molecule has 1 heterocycles. The van der Waals surface area contributed by atoms with E-state index in [0.29, 0.717) is 17.3 Å². The molecule has 0 bridgehead atoms. The van der Waals surface area contributed by atoms with Crippen LogP contribution in [0.3, 0.4) is 0 Å². The maximum atomic E-state index is 13.8. The van der Waals surface area contributed by atoms with E-state index in [1.165, 1.54) is 6.07 Å². The van der Waals surface area contributed by atoms with E-state index in [4.69, 9.17) is 5.73 Å². The van der Waals surface area contributed by atoms with Crippen LogP contribution in [0.25, 0.3) is 22.8 Å². The van der Waals surface area contributed by atoms with Crippen LogP contribution in [0.4, 0.5) is 10.1 Å². The van der Waals surface area contributed by atoms with Crippen molar-refractivity contribution in [1.82, 2.24) is 15.2 Å². The molecule has 1 aromatic heterocycles. The molecule has 5 heteroatoms. The quantitative estimate of drug-likeness (QED) is 0.691. The lowest BCUT2D eigenvalue weighted by Gasteiger charge is -2.02. The van der Waals surface area contributed by atoms with Crippen molar-refractivity contribution in [2.24, 2.45) is 0 Å². The van der Waals surface area contributed by atoms with Crippen LogP contribution in [0.15, 0.2) is 48.5 Å². The number of H-pyrrole nitrogens is 1. The number of anilines is 1. The summed E-state index contributed by atoms with van der Waals surface area (Å²) in [4.78, 5) is 4.29. The van der Waals surface area contributed by atoms with Gasteiger partial charge in [0.1, 0.15) is 5.82 Å². The van der Waals surface area contributed by atoms with Gasteiger partial charge in [0.15, 0.2) is 11.6 Å². The molecular formula is C14H11FN4. The lowest BCUT2D eigenvalue weighted by atomic mass is 10.1. The molecule has 0 aliphatic rings. The summed E-state index contributed by atoms with van der Waals surface area (Å²) in [6.45, 7) is 0. The Bertz CT molecular complexity index is 686. The van der Waals surface area contributed by atoms with Gasteiger partial charge in [-0.25, -0.2) is 9.37 Å². The summed E-state index contributed by atoms with van der Waals surface area (Å²) in [7, 11) is 0. The van der Waals surface area contributed by atoms with E-state index >= 15 is 0 Å². The number of halogens is 1. The Labute approximate surface area is 109 Å².